The molecule has 2 N–H and O–H groups in total. The van der Waals surface area contributed by atoms with Crippen molar-refractivity contribution in [3.05, 3.63) is 15.9 Å². The number of aryl methyl sites for hydroxylation is 2. The van der Waals surface area contributed by atoms with Crippen LogP contribution in [0.4, 0.5) is 0 Å². The molecular weight excluding hydrogens is 260 g/mol. The van der Waals surface area contributed by atoms with Gasteiger partial charge in [-0.25, -0.2) is 0 Å². The zero-order valence-electron chi connectivity index (χ0n) is 9.45. The molecule has 0 amide bonds. The summed E-state index contributed by atoms with van der Waals surface area (Å²) in [6.07, 6.45) is -0.426. The SMILES string of the molecule is Cc1nn(C)c(CC(O)C(C)(C)O)c1Br. The fourth-order valence-corrected chi connectivity index (χ4v) is 1.83. The fourth-order valence-electron chi connectivity index (χ4n) is 1.33. The first kappa shape index (κ1) is 12.7. The number of hydrogen-bond donors (Lipinski definition) is 2. The van der Waals surface area contributed by atoms with Crippen molar-refractivity contribution < 1.29 is 10.2 Å². The summed E-state index contributed by atoms with van der Waals surface area (Å²) in [4.78, 5) is 0. The van der Waals surface area contributed by atoms with Crippen LogP contribution in [0, 0.1) is 6.92 Å². The highest BCUT2D eigenvalue weighted by atomic mass is 79.9. The first-order chi connectivity index (χ1) is 6.73. The van der Waals surface area contributed by atoms with Crippen LogP contribution < -0.4 is 0 Å². The van der Waals surface area contributed by atoms with E-state index in [4.69, 9.17) is 0 Å². The maximum Gasteiger partial charge on any atom is 0.0877 e. The lowest BCUT2D eigenvalue weighted by Crippen LogP contribution is -2.37. The molecular formula is C10H17BrN2O2. The van der Waals surface area contributed by atoms with Gasteiger partial charge in [0.2, 0.25) is 0 Å². The molecule has 5 heteroatoms. The number of aliphatic hydroxyl groups is 2. The second-order valence-corrected chi connectivity index (χ2v) is 5.14. The van der Waals surface area contributed by atoms with Gasteiger partial charge >= 0.3 is 0 Å². The molecule has 1 aromatic heterocycles. The van der Waals surface area contributed by atoms with Crippen molar-refractivity contribution in [1.82, 2.24) is 9.78 Å². The van der Waals surface area contributed by atoms with Gasteiger partial charge in [-0.15, -0.1) is 0 Å². The van der Waals surface area contributed by atoms with Crippen LogP contribution in [0.15, 0.2) is 4.47 Å². The highest BCUT2D eigenvalue weighted by Gasteiger charge is 2.27. The lowest BCUT2D eigenvalue weighted by molar-refractivity contribution is -0.0477. The topological polar surface area (TPSA) is 58.3 Å². The van der Waals surface area contributed by atoms with Gasteiger partial charge in [0, 0.05) is 13.5 Å². The molecule has 0 aliphatic rings. The number of aromatic nitrogens is 2. The smallest absolute Gasteiger partial charge is 0.0877 e. The van der Waals surface area contributed by atoms with Gasteiger partial charge in [-0.3, -0.25) is 4.68 Å². The van der Waals surface area contributed by atoms with Crippen molar-refractivity contribution in [2.45, 2.75) is 38.9 Å². The Kier molecular flexibility index (Phi) is 3.58. The Labute approximate surface area is 98.0 Å². The van der Waals surface area contributed by atoms with Gasteiger partial charge in [0.1, 0.15) is 0 Å². The molecule has 86 valence electrons. The maximum atomic E-state index is 9.79. The highest BCUT2D eigenvalue weighted by molar-refractivity contribution is 9.10. The summed E-state index contributed by atoms with van der Waals surface area (Å²) < 4.78 is 2.61. The summed E-state index contributed by atoms with van der Waals surface area (Å²) in [6.45, 7) is 5.08. The summed E-state index contributed by atoms with van der Waals surface area (Å²) in [6, 6.07) is 0. The standard InChI is InChI=1S/C10H17BrN2O2/c1-6-9(11)7(13(4)12-6)5-8(14)10(2,3)15/h8,14-15H,5H2,1-4H3. The zero-order chi connectivity index (χ0) is 11.8. The summed E-state index contributed by atoms with van der Waals surface area (Å²) >= 11 is 3.42. The number of aliphatic hydroxyl groups excluding tert-OH is 1. The average molecular weight is 277 g/mol. The number of hydrogen-bond acceptors (Lipinski definition) is 3. The van der Waals surface area contributed by atoms with Crippen LogP contribution in [0.3, 0.4) is 0 Å². The van der Waals surface area contributed by atoms with Gasteiger partial charge in [0.25, 0.3) is 0 Å². The van der Waals surface area contributed by atoms with Crippen LogP contribution in [0.1, 0.15) is 25.2 Å². The predicted octanol–water partition coefficient (Wildman–Crippen LogP) is 1.17. The van der Waals surface area contributed by atoms with E-state index in [1.165, 1.54) is 0 Å². The van der Waals surface area contributed by atoms with Crippen LogP contribution in [-0.2, 0) is 13.5 Å². The monoisotopic (exact) mass is 276 g/mol. The number of rotatable bonds is 3. The van der Waals surface area contributed by atoms with E-state index in [-0.39, 0.29) is 0 Å². The molecule has 0 aliphatic heterocycles. The second-order valence-electron chi connectivity index (χ2n) is 4.34. The van der Waals surface area contributed by atoms with Gasteiger partial charge in [0.05, 0.1) is 27.6 Å². The van der Waals surface area contributed by atoms with E-state index in [2.05, 4.69) is 21.0 Å². The minimum atomic E-state index is -1.10. The summed E-state index contributed by atoms with van der Waals surface area (Å²) in [5.41, 5.74) is 0.676. The van der Waals surface area contributed by atoms with Crippen LogP contribution in [0.2, 0.25) is 0 Å². The molecule has 0 aliphatic carbocycles. The van der Waals surface area contributed by atoms with E-state index in [9.17, 15) is 10.2 Å². The van der Waals surface area contributed by atoms with Gasteiger partial charge in [-0.05, 0) is 36.7 Å². The minimum absolute atomic E-state index is 0.376. The van der Waals surface area contributed by atoms with Crippen LogP contribution >= 0.6 is 15.9 Å². The third-order valence-corrected chi connectivity index (χ3v) is 3.50. The van der Waals surface area contributed by atoms with Crippen molar-refractivity contribution in [1.29, 1.82) is 0 Å². The van der Waals surface area contributed by atoms with E-state index in [0.29, 0.717) is 6.42 Å². The Hall–Kier alpha value is -0.390. The molecule has 0 saturated carbocycles. The van der Waals surface area contributed by atoms with Crippen molar-refractivity contribution >= 4 is 15.9 Å². The molecule has 0 saturated heterocycles. The second kappa shape index (κ2) is 4.23. The summed E-state index contributed by atoms with van der Waals surface area (Å²) in [5, 5.41) is 23.6. The highest BCUT2D eigenvalue weighted by Crippen LogP contribution is 2.23. The number of nitrogens with zero attached hydrogens (tertiary/aromatic N) is 2. The maximum absolute atomic E-state index is 9.79. The molecule has 4 nitrogen and oxygen atoms in total. The van der Waals surface area contributed by atoms with Crippen LogP contribution in [-0.4, -0.2) is 31.7 Å². The Bertz CT molecular complexity index is 355. The van der Waals surface area contributed by atoms with Gasteiger partial charge in [0.15, 0.2) is 0 Å². The van der Waals surface area contributed by atoms with Crippen molar-refractivity contribution in [3.63, 3.8) is 0 Å². The third-order valence-electron chi connectivity index (χ3n) is 2.46. The molecule has 1 atom stereocenters. The summed E-state index contributed by atoms with van der Waals surface area (Å²) in [7, 11) is 1.82. The minimum Gasteiger partial charge on any atom is -0.390 e. The molecule has 1 unspecified atom stereocenters. The predicted molar refractivity (Wildman–Crippen MR) is 61.7 cm³/mol. The van der Waals surface area contributed by atoms with E-state index < -0.39 is 11.7 Å². The quantitative estimate of drug-likeness (QED) is 0.871. The normalized spacial score (nSPS) is 14.3. The van der Waals surface area contributed by atoms with E-state index in [1.807, 2.05) is 14.0 Å². The Morgan fingerprint density at radius 2 is 2.07 bits per heavy atom. The van der Waals surface area contributed by atoms with Crippen LogP contribution in [0.5, 0.6) is 0 Å². The van der Waals surface area contributed by atoms with E-state index in [1.54, 1.807) is 18.5 Å². The van der Waals surface area contributed by atoms with Gasteiger partial charge in [-0.2, -0.15) is 5.10 Å². The molecule has 1 rings (SSSR count). The Balaban J connectivity index is 2.90. The first-order valence-electron chi connectivity index (χ1n) is 4.82. The fraction of sp³-hybridized carbons (Fsp3) is 0.700. The van der Waals surface area contributed by atoms with Gasteiger partial charge in [-0.1, -0.05) is 0 Å². The largest absolute Gasteiger partial charge is 0.390 e. The zero-order valence-corrected chi connectivity index (χ0v) is 11.0. The van der Waals surface area contributed by atoms with Crippen molar-refractivity contribution in [2.75, 3.05) is 0 Å². The molecule has 0 radical (unpaired) electrons. The van der Waals surface area contributed by atoms with E-state index in [0.717, 1.165) is 15.9 Å². The van der Waals surface area contributed by atoms with Crippen LogP contribution in [0.25, 0.3) is 0 Å². The molecule has 0 aromatic carbocycles. The molecule has 0 bridgehead atoms. The number of halogens is 1. The van der Waals surface area contributed by atoms with Gasteiger partial charge < -0.3 is 10.2 Å². The van der Waals surface area contributed by atoms with Crippen molar-refractivity contribution in [3.8, 4) is 0 Å². The molecule has 15 heavy (non-hydrogen) atoms. The lowest BCUT2D eigenvalue weighted by Gasteiger charge is -2.24. The molecule has 1 aromatic rings. The first-order valence-corrected chi connectivity index (χ1v) is 5.61. The molecule has 0 fully saturated rings. The van der Waals surface area contributed by atoms with Crippen molar-refractivity contribution in [2.24, 2.45) is 7.05 Å². The average Bonchev–Trinajstić information content (AvgIpc) is 2.30. The Morgan fingerprint density at radius 3 is 2.40 bits per heavy atom. The lowest BCUT2D eigenvalue weighted by atomic mass is 9.97. The molecule has 0 spiro atoms. The molecule has 1 heterocycles. The summed E-state index contributed by atoms with van der Waals surface area (Å²) in [5.74, 6) is 0. The Morgan fingerprint density at radius 1 is 1.53 bits per heavy atom. The van der Waals surface area contributed by atoms with E-state index >= 15 is 0 Å². The third kappa shape index (κ3) is 2.80.